The summed E-state index contributed by atoms with van der Waals surface area (Å²) >= 11 is 1.71. The van der Waals surface area contributed by atoms with Gasteiger partial charge < -0.3 is 0 Å². The predicted octanol–water partition coefficient (Wildman–Crippen LogP) is 2.34. The van der Waals surface area contributed by atoms with Gasteiger partial charge in [-0.05, 0) is 49.9 Å². The third-order valence-corrected chi connectivity index (χ3v) is 4.08. The van der Waals surface area contributed by atoms with E-state index < -0.39 is 0 Å². The minimum Gasteiger partial charge on any atom is -0.294 e. The van der Waals surface area contributed by atoms with Crippen LogP contribution >= 0.6 is 11.8 Å². The molecule has 0 aromatic heterocycles. The van der Waals surface area contributed by atoms with Crippen molar-refractivity contribution >= 4 is 23.9 Å². The van der Waals surface area contributed by atoms with Crippen LogP contribution in [0.25, 0.3) is 0 Å². The third kappa shape index (κ3) is 4.98. The van der Waals surface area contributed by atoms with Crippen LogP contribution in [0, 0.1) is 0 Å². The average Bonchev–Trinajstić information content (AvgIpc) is 2.49. The number of likely N-dealkylation sites (tertiary alicyclic amines) is 1. The van der Waals surface area contributed by atoms with Gasteiger partial charge in [0, 0.05) is 4.90 Å². The van der Waals surface area contributed by atoms with Crippen LogP contribution in [-0.2, 0) is 4.79 Å². The molecule has 0 aliphatic carbocycles. The van der Waals surface area contributed by atoms with Gasteiger partial charge in [-0.25, -0.2) is 5.43 Å². The fourth-order valence-corrected chi connectivity index (χ4v) is 2.63. The van der Waals surface area contributed by atoms with Crippen LogP contribution in [0.1, 0.15) is 24.8 Å². The zero-order valence-electron chi connectivity index (χ0n) is 11.8. The number of amides is 1. The van der Waals surface area contributed by atoms with Gasteiger partial charge in [0.2, 0.25) is 0 Å². The Morgan fingerprint density at radius 2 is 2.00 bits per heavy atom. The van der Waals surface area contributed by atoms with E-state index in [-0.39, 0.29) is 5.91 Å². The lowest BCUT2D eigenvalue weighted by atomic mass is 10.1. The Morgan fingerprint density at radius 3 is 2.65 bits per heavy atom. The Morgan fingerprint density at radius 1 is 1.30 bits per heavy atom. The Labute approximate surface area is 124 Å². The number of thioether (sulfide) groups is 1. The van der Waals surface area contributed by atoms with Crippen molar-refractivity contribution in [2.75, 3.05) is 25.9 Å². The molecule has 1 aromatic rings. The first-order valence-electron chi connectivity index (χ1n) is 6.96. The van der Waals surface area contributed by atoms with E-state index in [1.54, 1.807) is 18.0 Å². The Hall–Kier alpha value is -1.33. The fraction of sp³-hybridized carbons (Fsp3) is 0.467. The zero-order chi connectivity index (χ0) is 14.2. The maximum atomic E-state index is 11.7. The van der Waals surface area contributed by atoms with Crippen LogP contribution in [0.4, 0.5) is 0 Å². The van der Waals surface area contributed by atoms with Gasteiger partial charge in [0.25, 0.3) is 5.91 Å². The second-order valence-electron chi connectivity index (χ2n) is 4.90. The maximum absolute atomic E-state index is 11.7. The Kier molecular flexibility index (Phi) is 6.08. The van der Waals surface area contributed by atoms with E-state index in [4.69, 9.17) is 0 Å². The highest BCUT2D eigenvalue weighted by Crippen LogP contribution is 2.13. The molecule has 1 aliphatic heterocycles. The molecule has 1 amide bonds. The van der Waals surface area contributed by atoms with Crippen molar-refractivity contribution < 1.29 is 4.79 Å². The molecule has 1 N–H and O–H groups in total. The fourth-order valence-electron chi connectivity index (χ4n) is 2.22. The van der Waals surface area contributed by atoms with Gasteiger partial charge in [0.15, 0.2) is 0 Å². The number of carbonyl (C=O) groups is 1. The van der Waals surface area contributed by atoms with Gasteiger partial charge in [-0.1, -0.05) is 18.6 Å². The van der Waals surface area contributed by atoms with E-state index in [0.29, 0.717) is 6.54 Å². The lowest BCUT2D eigenvalue weighted by Crippen LogP contribution is -2.38. The summed E-state index contributed by atoms with van der Waals surface area (Å²) in [5.41, 5.74) is 3.58. The van der Waals surface area contributed by atoms with Gasteiger partial charge in [0.05, 0.1) is 12.8 Å². The van der Waals surface area contributed by atoms with Crippen LogP contribution in [-0.4, -0.2) is 42.9 Å². The highest BCUT2D eigenvalue weighted by Gasteiger charge is 2.12. The molecule has 0 bridgehead atoms. The van der Waals surface area contributed by atoms with Crippen LogP contribution < -0.4 is 5.43 Å². The van der Waals surface area contributed by atoms with Gasteiger partial charge >= 0.3 is 0 Å². The first kappa shape index (κ1) is 15.1. The molecule has 1 aromatic carbocycles. The normalized spacial score (nSPS) is 16.4. The van der Waals surface area contributed by atoms with E-state index in [1.165, 1.54) is 24.2 Å². The van der Waals surface area contributed by atoms with Gasteiger partial charge in [0.1, 0.15) is 0 Å². The molecule has 0 saturated carbocycles. The van der Waals surface area contributed by atoms with Gasteiger partial charge in [-0.2, -0.15) is 5.10 Å². The van der Waals surface area contributed by atoms with Gasteiger partial charge in [-0.15, -0.1) is 11.8 Å². The molecule has 1 fully saturated rings. The number of carbonyl (C=O) groups excluding carboxylic acids is 1. The topological polar surface area (TPSA) is 44.7 Å². The summed E-state index contributed by atoms with van der Waals surface area (Å²) in [6.07, 6.45) is 7.39. The summed E-state index contributed by atoms with van der Waals surface area (Å²) in [6, 6.07) is 8.07. The largest absolute Gasteiger partial charge is 0.294 e. The quantitative estimate of drug-likeness (QED) is 0.514. The summed E-state index contributed by atoms with van der Waals surface area (Å²) in [5.74, 6) is -0.0381. The first-order valence-corrected chi connectivity index (χ1v) is 8.19. The van der Waals surface area contributed by atoms with Crippen LogP contribution in [0.3, 0.4) is 0 Å². The van der Waals surface area contributed by atoms with Gasteiger partial charge in [-0.3, -0.25) is 9.69 Å². The standard InChI is InChI=1S/C15H21N3OS/c1-20-14-7-5-13(6-8-14)11-16-17-15(19)12-18-9-3-2-4-10-18/h5-8,11H,2-4,9-10,12H2,1H3,(H,17,19)/b16-11+. The number of hydrogen-bond acceptors (Lipinski definition) is 4. The zero-order valence-corrected chi connectivity index (χ0v) is 12.7. The molecular weight excluding hydrogens is 270 g/mol. The van der Waals surface area contributed by atoms with Crippen molar-refractivity contribution in [1.82, 2.24) is 10.3 Å². The highest BCUT2D eigenvalue weighted by molar-refractivity contribution is 7.98. The smallest absolute Gasteiger partial charge is 0.254 e. The molecule has 0 radical (unpaired) electrons. The number of rotatable bonds is 5. The Bertz CT molecular complexity index is 453. The van der Waals surface area contributed by atoms with Crippen LogP contribution in [0.5, 0.6) is 0 Å². The van der Waals surface area contributed by atoms with Crippen LogP contribution in [0.15, 0.2) is 34.3 Å². The molecule has 0 spiro atoms. The van der Waals surface area contributed by atoms with E-state index in [9.17, 15) is 4.79 Å². The summed E-state index contributed by atoms with van der Waals surface area (Å²) in [4.78, 5) is 15.1. The van der Waals surface area contributed by atoms with Crippen molar-refractivity contribution in [1.29, 1.82) is 0 Å². The van der Waals surface area contributed by atoms with E-state index in [0.717, 1.165) is 18.7 Å². The summed E-state index contributed by atoms with van der Waals surface area (Å²) in [6.45, 7) is 2.49. The van der Waals surface area contributed by atoms with Crippen molar-refractivity contribution in [2.24, 2.45) is 5.10 Å². The molecular formula is C15H21N3OS. The summed E-state index contributed by atoms with van der Waals surface area (Å²) in [7, 11) is 0. The lowest BCUT2D eigenvalue weighted by molar-refractivity contribution is -0.122. The average molecular weight is 291 g/mol. The van der Waals surface area contributed by atoms with Crippen molar-refractivity contribution in [3.8, 4) is 0 Å². The molecule has 1 aliphatic rings. The molecule has 0 atom stereocenters. The molecule has 1 heterocycles. The first-order chi connectivity index (χ1) is 9.78. The summed E-state index contributed by atoms with van der Waals surface area (Å²) in [5, 5.41) is 4.00. The molecule has 4 nitrogen and oxygen atoms in total. The van der Waals surface area contributed by atoms with Crippen molar-refractivity contribution in [3.05, 3.63) is 29.8 Å². The number of hydrazone groups is 1. The van der Waals surface area contributed by atoms with E-state index in [1.807, 2.05) is 30.5 Å². The second-order valence-corrected chi connectivity index (χ2v) is 5.78. The number of hydrogen-bond donors (Lipinski definition) is 1. The van der Waals surface area contributed by atoms with Crippen LogP contribution in [0.2, 0.25) is 0 Å². The number of nitrogens with one attached hydrogen (secondary N) is 1. The lowest BCUT2D eigenvalue weighted by Gasteiger charge is -2.25. The monoisotopic (exact) mass is 291 g/mol. The molecule has 1 saturated heterocycles. The number of benzene rings is 1. The molecule has 5 heteroatoms. The van der Waals surface area contributed by atoms with E-state index >= 15 is 0 Å². The number of piperidine rings is 1. The second kappa shape index (κ2) is 8.07. The third-order valence-electron chi connectivity index (χ3n) is 3.33. The van der Waals surface area contributed by atoms with Crippen molar-refractivity contribution in [2.45, 2.75) is 24.2 Å². The molecule has 108 valence electrons. The summed E-state index contributed by atoms with van der Waals surface area (Å²) < 4.78 is 0. The van der Waals surface area contributed by atoms with E-state index in [2.05, 4.69) is 15.4 Å². The predicted molar refractivity (Wildman–Crippen MR) is 84.3 cm³/mol. The molecule has 20 heavy (non-hydrogen) atoms. The molecule has 0 unspecified atom stereocenters. The maximum Gasteiger partial charge on any atom is 0.254 e. The highest BCUT2D eigenvalue weighted by atomic mass is 32.2. The Balaban J connectivity index is 1.75. The minimum atomic E-state index is -0.0381. The SMILES string of the molecule is CSc1ccc(/C=N/NC(=O)CN2CCCCC2)cc1. The molecule has 2 rings (SSSR count). The van der Waals surface area contributed by atoms with Crippen molar-refractivity contribution in [3.63, 3.8) is 0 Å². The number of nitrogens with zero attached hydrogens (tertiary/aromatic N) is 2. The minimum absolute atomic E-state index is 0.0381.